The SMILES string of the molecule is CC(C)(c1c(F)cc(C2CC2C(=O)O)cc1F)C(F)(F)F.NC(=O)C1CC1. The lowest BCUT2D eigenvalue weighted by atomic mass is 9.82. The summed E-state index contributed by atoms with van der Waals surface area (Å²) in [5.41, 5.74) is 1.22. The quantitative estimate of drug-likeness (QED) is 0.762. The second kappa shape index (κ2) is 7.09. The van der Waals surface area contributed by atoms with Gasteiger partial charge in [-0.25, -0.2) is 8.78 Å². The third kappa shape index (κ3) is 4.56. The number of nitrogens with two attached hydrogens (primary N) is 1. The normalized spacial score (nSPS) is 21.9. The number of carboxylic acid groups (broad SMARTS) is 1. The molecule has 1 aromatic rings. The fourth-order valence-corrected chi connectivity index (χ4v) is 2.75. The fourth-order valence-electron chi connectivity index (χ4n) is 2.75. The Balaban J connectivity index is 0.000000369. The molecule has 0 heterocycles. The average molecular weight is 393 g/mol. The molecule has 9 heteroatoms. The van der Waals surface area contributed by atoms with Crippen molar-refractivity contribution < 1.29 is 36.6 Å². The van der Waals surface area contributed by atoms with Crippen LogP contribution in [0.1, 0.15) is 50.2 Å². The van der Waals surface area contributed by atoms with Crippen LogP contribution in [0.4, 0.5) is 22.0 Å². The molecule has 3 rings (SSSR count). The minimum atomic E-state index is -4.81. The van der Waals surface area contributed by atoms with Gasteiger partial charge in [-0.1, -0.05) is 0 Å². The van der Waals surface area contributed by atoms with Gasteiger partial charge in [0.25, 0.3) is 0 Å². The molecule has 0 spiro atoms. The van der Waals surface area contributed by atoms with Crippen molar-refractivity contribution in [2.24, 2.45) is 17.6 Å². The summed E-state index contributed by atoms with van der Waals surface area (Å²) < 4.78 is 66.7. The zero-order valence-corrected chi connectivity index (χ0v) is 14.7. The summed E-state index contributed by atoms with van der Waals surface area (Å²) in [6.07, 6.45) is -2.53. The second-order valence-corrected chi connectivity index (χ2v) is 7.45. The maximum atomic E-state index is 14.0. The number of carbonyl (C=O) groups excluding carboxylic acids is 1. The number of amides is 1. The molecule has 1 aromatic carbocycles. The van der Waals surface area contributed by atoms with E-state index in [-0.39, 0.29) is 23.8 Å². The van der Waals surface area contributed by atoms with E-state index in [1.807, 2.05) is 0 Å². The number of halogens is 5. The molecule has 0 saturated heterocycles. The molecular formula is C18H20F5NO3. The molecule has 0 bridgehead atoms. The summed E-state index contributed by atoms with van der Waals surface area (Å²) in [5, 5.41) is 8.78. The number of primary amides is 1. The molecule has 2 unspecified atom stereocenters. The first-order valence-electron chi connectivity index (χ1n) is 8.35. The highest BCUT2D eigenvalue weighted by molar-refractivity contribution is 5.78. The maximum absolute atomic E-state index is 14.0. The van der Waals surface area contributed by atoms with Crippen LogP contribution in [-0.2, 0) is 15.0 Å². The van der Waals surface area contributed by atoms with Gasteiger partial charge in [0, 0.05) is 11.5 Å². The van der Waals surface area contributed by atoms with Crippen LogP contribution < -0.4 is 5.73 Å². The van der Waals surface area contributed by atoms with Crippen molar-refractivity contribution in [2.45, 2.75) is 50.6 Å². The third-order valence-electron chi connectivity index (χ3n) is 4.91. The van der Waals surface area contributed by atoms with E-state index in [4.69, 9.17) is 10.8 Å². The molecule has 27 heavy (non-hydrogen) atoms. The van der Waals surface area contributed by atoms with Crippen molar-refractivity contribution in [1.29, 1.82) is 0 Å². The van der Waals surface area contributed by atoms with Crippen LogP contribution in [0.15, 0.2) is 12.1 Å². The predicted octanol–water partition coefficient (Wildman–Crippen LogP) is 3.87. The molecule has 3 N–H and O–H groups in total. The third-order valence-corrected chi connectivity index (χ3v) is 4.91. The Morgan fingerprint density at radius 2 is 1.59 bits per heavy atom. The van der Waals surface area contributed by atoms with Gasteiger partial charge in [-0.2, -0.15) is 13.2 Å². The minimum Gasteiger partial charge on any atom is -0.481 e. The van der Waals surface area contributed by atoms with Crippen LogP contribution in [-0.4, -0.2) is 23.2 Å². The van der Waals surface area contributed by atoms with Crippen molar-refractivity contribution in [3.63, 3.8) is 0 Å². The number of hydrogen-bond donors (Lipinski definition) is 2. The van der Waals surface area contributed by atoms with E-state index in [2.05, 4.69) is 0 Å². The van der Waals surface area contributed by atoms with Gasteiger partial charge in [0.05, 0.1) is 11.3 Å². The van der Waals surface area contributed by atoms with Gasteiger partial charge >= 0.3 is 12.1 Å². The van der Waals surface area contributed by atoms with Gasteiger partial charge in [0.1, 0.15) is 11.6 Å². The number of hydrogen-bond acceptors (Lipinski definition) is 2. The summed E-state index contributed by atoms with van der Waals surface area (Å²) in [4.78, 5) is 20.7. The number of alkyl halides is 3. The summed E-state index contributed by atoms with van der Waals surface area (Å²) in [7, 11) is 0. The Bertz CT molecular complexity index is 733. The lowest BCUT2D eigenvalue weighted by Crippen LogP contribution is -2.38. The van der Waals surface area contributed by atoms with Crippen molar-refractivity contribution in [2.75, 3.05) is 0 Å². The largest absolute Gasteiger partial charge is 0.481 e. The Morgan fingerprint density at radius 3 is 1.85 bits per heavy atom. The number of carboxylic acids is 1. The van der Waals surface area contributed by atoms with Gasteiger partial charge < -0.3 is 10.8 Å². The molecule has 2 saturated carbocycles. The number of benzene rings is 1. The van der Waals surface area contributed by atoms with Crippen LogP contribution in [0.3, 0.4) is 0 Å². The standard InChI is InChI=1S/C14H13F5O2.C4H7NO/c1-13(2,14(17,18)19)11-9(15)3-6(4-10(11)16)7-5-8(7)12(20)21;5-4(6)3-1-2-3/h3-4,7-8H,5H2,1-2H3,(H,20,21);3H,1-2H2,(H2,5,6). The number of carbonyl (C=O) groups is 2. The minimum absolute atomic E-state index is 0.0825. The van der Waals surface area contributed by atoms with Crippen molar-refractivity contribution >= 4 is 11.9 Å². The van der Waals surface area contributed by atoms with E-state index in [0.29, 0.717) is 13.8 Å². The van der Waals surface area contributed by atoms with Crippen molar-refractivity contribution in [3.8, 4) is 0 Å². The van der Waals surface area contributed by atoms with E-state index in [9.17, 15) is 31.5 Å². The molecule has 2 atom stereocenters. The maximum Gasteiger partial charge on any atom is 0.398 e. The average Bonchev–Trinajstić information content (AvgIpc) is 3.36. The highest BCUT2D eigenvalue weighted by atomic mass is 19.4. The molecule has 0 radical (unpaired) electrons. The first-order valence-corrected chi connectivity index (χ1v) is 8.35. The zero-order chi connectivity index (χ0) is 20.7. The zero-order valence-electron chi connectivity index (χ0n) is 14.7. The van der Waals surface area contributed by atoms with Crippen LogP contribution in [0.2, 0.25) is 0 Å². The lowest BCUT2D eigenvalue weighted by molar-refractivity contribution is -0.181. The molecule has 0 aromatic heterocycles. The lowest BCUT2D eigenvalue weighted by Gasteiger charge is -2.29. The van der Waals surface area contributed by atoms with Crippen molar-refractivity contribution in [1.82, 2.24) is 0 Å². The second-order valence-electron chi connectivity index (χ2n) is 7.45. The highest BCUT2D eigenvalue weighted by Gasteiger charge is 2.52. The Kier molecular flexibility index (Phi) is 5.54. The van der Waals surface area contributed by atoms with E-state index in [1.54, 1.807) is 0 Å². The van der Waals surface area contributed by atoms with Gasteiger partial charge in [-0.05, 0) is 56.7 Å². The molecule has 2 fully saturated rings. The van der Waals surface area contributed by atoms with Gasteiger partial charge in [0.15, 0.2) is 0 Å². The van der Waals surface area contributed by atoms with Gasteiger partial charge in [-0.3, -0.25) is 9.59 Å². The van der Waals surface area contributed by atoms with Crippen LogP contribution >= 0.6 is 0 Å². The Hall–Kier alpha value is -2.19. The van der Waals surface area contributed by atoms with Crippen LogP contribution in [0.5, 0.6) is 0 Å². The molecule has 150 valence electrons. The number of aliphatic carboxylic acids is 1. The summed E-state index contributed by atoms with van der Waals surface area (Å²) in [6, 6.07) is 1.61. The highest BCUT2D eigenvalue weighted by Crippen LogP contribution is 2.49. The van der Waals surface area contributed by atoms with Gasteiger partial charge in [-0.15, -0.1) is 0 Å². The van der Waals surface area contributed by atoms with E-state index in [0.717, 1.165) is 25.0 Å². The fraction of sp³-hybridized carbons (Fsp3) is 0.556. The van der Waals surface area contributed by atoms with Gasteiger partial charge in [0.2, 0.25) is 5.91 Å². The van der Waals surface area contributed by atoms with Crippen LogP contribution in [0.25, 0.3) is 0 Å². The molecule has 1 amide bonds. The molecule has 4 nitrogen and oxygen atoms in total. The topological polar surface area (TPSA) is 80.4 Å². The number of rotatable bonds is 4. The van der Waals surface area contributed by atoms with E-state index in [1.165, 1.54) is 0 Å². The van der Waals surface area contributed by atoms with Crippen LogP contribution in [0, 0.1) is 23.5 Å². The monoisotopic (exact) mass is 393 g/mol. The molecule has 0 aliphatic heterocycles. The summed E-state index contributed by atoms with van der Waals surface area (Å²) in [5.74, 6) is -4.85. The molecular weight excluding hydrogens is 373 g/mol. The Morgan fingerprint density at radius 1 is 1.11 bits per heavy atom. The first kappa shape index (κ1) is 21.1. The summed E-state index contributed by atoms with van der Waals surface area (Å²) in [6.45, 7) is 1.40. The van der Waals surface area contributed by atoms with E-state index < -0.39 is 46.6 Å². The molecule has 2 aliphatic carbocycles. The Labute approximate surface area is 152 Å². The summed E-state index contributed by atoms with van der Waals surface area (Å²) >= 11 is 0. The van der Waals surface area contributed by atoms with E-state index >= 15 is 0 Å². The smallest absolute Gasteiger partial charge is 0.398 e. The molecule has 2 aliphatic rings. The van der Waals surface area contributed by atoms with Crippen molar-refractivity contribution in [3.05, 3.63) is 34.9 Å². The first-order chi connectivity index (χ1) is 12.3. The predicted molar refractivity (Wildman–Crippen MR) is 85.8 cm³/mol.